The van der Waals surface area contributed by atoms with E-state index in [2.05, 4.69) is 30.1 Å². The average molecular weight is 708 g/mol. The third-order valence-corrected chi connectivity index (χ3v) is 10.7. The van der Waals surface area contributed by atoms with Crippen molar-refractivity contribution in [3.8, 4) is 5.88 Å². The first kappa shape index (κ1) is 38.2. The van der Waals surface area contributed by atoms with Gasteiger partial charge in [-0.3, -0.25) is 13.9 Å². The van der Waals surface area contributed by atoms with Gasteiger partial charge in [0.1, 0.15) is 29.9 Å². The van der Waals surface area contributed by atoms with Crippen molar-refractivity contribution in [2.24, 2.45) is 0 Å². The highest BCUT2D eigenvalue weighted by atomic mass is 32.7. The monoisotopic (exact) mass is 707 g/mol. The zero-order chi connectivity index (χ0) is 35.3. The predicted molar refractivity (Wildman–Crippen MR) is 167 cm³/mol. The standard InChI is InChI=1S/C26H42N7O12PS/c1-12(2)43-21(35)14(5)32-46(39,47-10-15(29-25(37)41-8)22(36)44-13(3)4)42-9-16-18(34)26(6,38)23(45-16)33-11-28-17-19(33)30-24(27)31-20(17)40-7/h11-16,18,23,34,38H,9-10H2,1-8H3,(H,29,37)(H,32,39)(H2,27,30,31)/t14?,15?,16-,18-,23?,26-,46?/m1/s1. The number of carbonyl (C=O) groups excluding carboxylic acids is 3. The number of ether oxygens (including phenoxy) is 5. The van der Waals surface area contributed by atoms with Crippen LogP contribution in [0.4, 0.5) is 10.7 Å². The fourth-order valence-electron chi connectivity index (χ4n) is 4.36. The summed E-state index contributed by atoms with van der Waals surface area (Å²) in [5.74, 6) is -1.98. The van der Waals surface area contributed by atoms with E-state index in [1.54, 1.807) is 27.7 Å². The molecule has 1 aliphatic heterocycles. The number of rotatable bonds is 15. The van der Waals surface area contributed by atoms with Gasteiger partial charge in [0, 0.05) is 5.75 Å². The van der Waals surface area contributed by atoms with Gasteiger partial charge < -0.3 is 49.5 Å². The van der Waals surface area contributed by atoms with Crippen molar-refractivity contribution in [2.45, 2.75) is 89.9 Å². The van der Waals surface area contributed by atoms with Crippen molar-refractivity contribution in [1.29, 1.82) is 0 Å². The van der Waals surface area contributed by atoms with Crippen molar-refractivity contribution >= 4 is 53.2 Å². The number of nitrogens with one attached hydrogen (secondary N) is 2. The van der Waals surface area contributed by atoms with Crippen molar-refractivity contribution in [1.82, 2.24) is 29.9 Å². The Balaban J connectivity index is 1.86. The van der Waals surface area contributed by atoms with Gasteiger partial charge >= 0.3 is 24.8 Å². The molecule has 2 aromatic rings. The van der Waals surface area contributed by atoms with Crippen molar-refractivity contribution < 1.29 is 57.4 Å². The van der Waals surface area contributed by atoms with Crippen molar-refractivity contribution in [3.05, 3.63) is 6.33 Å². The third-order valence-electron chi connectivity index (χ3n) is 6.60. The Bertz CT molecular complexity index is 1480. The van der Waals surface area contributed by atoms with E-state index in [0.29, 0.717) is 11.4 Å². The lowest BCUT2D eigenvalue weighted by atomic mass is 9.96. The molecule has 1 saturated heterocycles. The molecule has 1 aliphatic rings. The number of fused-ring (bicyclic) bond motifs is 1. The van der Waals surface area contributed by atoms with E-state index in [9.17, 15) is 29.2 Å². The summed E-state index contributed by atoms with van der Waals surface area (Å²) in [7, 11) is 2.47. The van der Waals surface area contributed by atoms with Gasteiger partial charge in [0.2, 0.25) is 11.8 Å². The minimum absolute atomic E-state index is 0.0794. The third kappa shape index (κ3) is 9.43. The average Bonchev–Trinajstić information content (AvgIpc) is 3.49. The van der Waals surface area contributed by atoms with Crippen molar-refractivity contribution in [3.63, 3.8) is 0 Å². The van der Waals surface area contributed by atoms with E-state index in [4.69, 9.17) is 29.2 Å². The number of imidazole rings is 1. The number of nitrogens with zero attached hydrogens (tertiary/aromatic N) is 4. The number of aromatic nitrogens is 4. The van der Waals surface area contributed by atoms with Gasteiger partial charge in [0.25, 0.3) is 0 Å². The van der Waals surface area contributed by atoms with Crippen LogP contribution in [-0.2, 0) is 37.6 Å². The second-order valence-corrected chi connectivity index (χ2v) is 15.5. The van der Waals surface area contributed by atoms with Crippen LogP contribution < -0.4 is 20.9 Å². The molecule has 0 aliphatic carbocycles. The zero-order valence-electron chi connectivity index (χ0n) is 27.2. The maximum absolute atomic E-state index is 14.2. The quantitative estimate of drug-likeness (QED) is 0.0978. The molecule has 4 unspecified atom stereocenters. The van der Waals surface area contributed by atoms with Crippen LogP contribution in [0.1, 0.15) is 47.8 Å². The molecule has 3 heterocycles. The molecular weight excluding hydrogens is 665 g/mol. The Morgan fingerprint density at radius 1 is 1.15 bits per heavy atom. The van der Waals surface area contributed by atoms with Crippen molar-refractivity contribution in [2.75, 3.05) is 32.3 Å². The lowest BCUT2D eigenvalue weighted by Crippen LogP contribution is -2.45. The Labute approximate surface area is 274 Å². The summed E-state index contributed by atoms with van der Waals surface area (Å²) in [6.45, 7) is 4.44. The molecule has 21 heteroatoms. The number of anilines is 1. The van der Waals surface area contributed by atoms with E-state index in [1.807, 2.05) is 0 Å². The zero-order valence-corrected chi connectivity index (χ0v) is 28.9. The van der Waals surface area contributed by atoms with E-state index in [0.717, 1.165) is 7.11 Å². The Morgan fingerprint density at radius 3 is 2.38 bits per heavy atom. The maximum Gasteiger partial charge on any atom is 0.407 e. The molecule has 7 atom stereocenters. The summed E-state index contributed by atoms with van der Waals surface area (Å²) >= 11 is 0.579. The first-order valence-corrected chi connectivity index (χ1v) is 17.7. The van der Waals surface area contributed by atoms with Crippen LogP contribution in [-0.4, -0.2) is 116 Å². The number of methoxy groups -OCH3 is 2. The number of hydrogen-bond acceptors (Lipinski definition) is 17. The molecule has 0 aromatic carbocycles. The second-order valence-electron chi connectivity index (χ2n) is 11.2. The molecular formula is C26H42N7O12PS. The van der Waals surface area contributed by atoms with Crippen LogP contribution in [0.15, 0.2) is 6.33 Å². The number of alkyl carbamates (subject to hydrolysis) is 1. The smallest absolute Gasteiger partial charge is 0.407 e. The second kappa shape index (κ2) is 15.8. The van der Waals surface area contributed by atoms with Crippen LogP contribution in [0.2, 0.25) is 0 Å². The number of carbonyl (C=O) groups is 3. The summed E-state index contributed by atoms with van der Waals surface area (Å²) in [4.78, 5) is 49.6. The molecule has 19 nitrogen and oxygen atoms in total. The molecule has 264 valence electrons. The molecule has 1 fully saturated rings. The number of nitrogen functional groups attached to an aromatic ring is 1. The lowest BCUT2D eigenvalue weighted by molar-refractivity contribution is -0.150. The summed E-state index contributed by atoms with van der Waals surface area (Å²) in [5, 5.41) is 27.4. The minimum atomic E-state index is -4.19. The summed E-state index contributed by atoms with van der Waals surface area (Å²) in [5.41, 5.74) is 4.22. The van der Waals surface area contributed by atoms with Gasteiger partial charge in [-0.15, -0.1) is 0 Å². The van der Waals surface area contributed by atoms with E-state index in [-0.39, 0.29) is 28.7 Å². The number of amides is 1. The molecule has 0 bridgehead atoms. The van der Waals surface area contributed by atoms with Crippen LogP contribution in [0, 0.1) is 0 Å². The van der Waals surface area contributed by atoms with Gasteiger partial charge in [0.15, 0.2) is 17.4 Å². The Kier molecular flexibility index (Phi) is 12.8. The van der Waals surface area contributed by atoms with E-state index in [1.165, 1.54) is 31.9 Å². The normalized spacial score (nSPS) is 23.7. The van der Waals surface area contributed by atoms with Gasteiger partial charge in [-0.25, -0.2) is 19.7 Å². The molecule has 47 heavy (non-hydrogen) atoms. The first-order valence-electron chi connectivity index (χ1n) is 14.4. The predicted octanol–water partition coefficient (Wildman–Crippen LogP) is 0.890. The maximum atomic E-state index is 14.2. The summed E-state index contributed by atoms with van der Waals surface area (Å²) < 4.78 is 47.5. The van der Waals surface area contributed by atoms with Gasteiger partial charge in [0.05, 0.1) is 39.4 Å². The molecule has 6 N–H and O–H groups in total. The highest BCUT2D eigenvalue weighted by molar-refractivity contribution is 8.56. The summed E-state index contributed by atoms with van der Waals surface area (Å²) in [6, 6.07) is -2.49. The lowest BCUT2D eigenvalue weighted by Gasteiger charge is -2.27. The largest absolute Gasteiger partial charge is 0.479 e. The number of hydrogen-bond donors (Lipinski definition) is 5. The molecule has 0 saturated carbocycles. The SMILES string of the molecule is COC(=O)NC(CSP(=O)(NC(C)C(=O)OC(C)C)OC[C@H]1OC(n2cnc3c(OC)nc(N)nc32)[C@](C)(O)[C@@H]1O)C(=O)OC(C)C. The summed E-state index contributed by atoms with van der Waals surface area (Å²) in [6.07, 6.45) is -4.80. The minimum Gasteiger partial charge on any atom is -0.479 e. The Hall–Kier alpha value is -3.26. The Morgan fingerprint density at radius 2 is 1.79 bits per heavy atom. The molecule has 1 amide bonds. The molecule has 0 spiro atoms. The topological polar surface area (TPSA) is 258 Å². The first-order chi connectivity index (χ1) is 21.9. The molecule has 3 rings (SSSR count). The van der Waals surface area contributed by atoms with Crippen LogP contribution in [0.5, 0.6) is 5.88 Å². The van der Waals surface area contributed by atoms with Crippen LogP contribution in [0.3, 0.4) is 0 Å². The van der Waals surface area contributed by atoms with E-state index < -0.39 is 79.7 Å². The molecule has 0 radical (unpaired) electrons. The van der Waals surface area contributed by atoms with E-state index >= 15 is 0 Å². The fraction of sp³-hybridized carbons (Fsp3) is 0.692. The number of aliphatic hydroxyl groups excluding tert-OH is 1. The van der Waals surface area contributed by atoms with Crippen LogP contribution >= 0.6 is 18.1 Å². The number of esters is 2. The van der Waals surface area contributed by atoms with Crippen LogP contribution in [0.25, 0.3) is 11.2 Å². The fourth-order valence-corrected chi connectivity index (χ4v) is 8.21. The highest BCUT2D eigenvalue weighted by Crippen LogP contribution is 2.57. The van der Waals surface area contributed by atoms with Gasteiger partial charge in [-0.1, -0.05) is 11.4 Å². The highest BCUT2D eigenvalue weighted by Gasteiger charge is 2.54. The van der Waals surface area contributed by atoms with Gasteiger partial charge in [-0.2, -0.15) is 9.97 Å². The molecule has 2 aromatic heterocycles. The number of nitrogens with two attached hydrogens (primary N) is 1. The number of aliphatic hydroxyl groups is 2. The van der Waals surface area contributed by atoms with Gasteiger partial charge in [-0.05, 0) is 41.5 Å².